The summed E-state index contributed by atoms with van der Waals surface area (Å²) in [5, 5.41) is 0. The zero-order chi connectivity index (χ0) is 20.5. The number of nitrogens with zero attached hydrogens (tertiary/aromatic N) is 2. The molecule has 0 saturated heterocycles. The molecule has 3 rings (SSSR count). The minimum atomic E-state index is 0.712. The van der Waals surface area contributed by atoms with Crippen molar-refractivity contribution in [2.75, 3.05) is 6.61 Å². The lowest BCUT2D eigenvalue weighted by molar-refractivity contribution is 0.282. The van der Waals surface area contributed by atoms with Crippen molar-refractivity contribution < 1.29 is 4.74 Å². The Morgan fingerprint density at radius 2 is 1.41 bits per heavy atom. The smallest absolute Gasteiger partial charge is 0.159 e. The third-order valence-corrected chi connectivity index (χ3v) is 5.43. The first-order chi connectivity index (χ1) is 14.2. The molecule has 0 spiro atoms. The summed E-state index contributed by atoms with van der Waals surface area (Å²) in [7, 11) is 0. The van der Waals surface area contributed by atoms with Gasteiger partial charge in [-0.05, 0) is 54.0 Å². The SMILES string of the molecule is CCCCc1cnc(-c2ccc(-c3ccc(OCCC(C)CC)cc3)cc2)nc1. The Morgan fingerprint density at radius 3 is 2.00 bits per heavy atom. The van der Waals surface area contributed by atoms with E-state index in [1.807, 2.05) is 12.4 Å². The van der Waals surface area contributed by atoms with E-state index in [1.54, 1.807) is 0 Å². The highest BCUT2D eigenvalue weighted by Gasteiger charge is 2.04. The van der Waals surface area contributed by atoms with E-state index in [2.05, 4.69) is 79.3 Å². The first-order valence-corrected chi connectivity index (χ1v) is 10.8. The molecule has 0 saturated carbocycles. The summed E-state index contributed by atoms with van der Waals surface area (Å²) in [4.78, 5) is 9.07. The molecule has 0 aliphatic carbocycles. The van der Waals surface area contributed by atoms with Gasteiger partial charge >= 0.3 is 0 Å². The molecule has 1 unspecified atom stereocenters. The average molecular weight is 389 g/mol. The van der Waals surface area contributed by atoms with Gasteiger partial charge in [0.2, 0.25) is 0 Å². The van der Waals surface area contributed by atoms with Gasteiger partial charge in [0.05, 0.1) is 6.61 Å². The molecule has 2 aromatic carbocycles. The highest BCUT2D eigenvalue weighted by molar-refractivity contribution is 5.68. The predicted octanol–water partition coefficient (Wildman–Crippen LogP) is 6.97. The maximum absolute atomic E-state index is 5.86. The average Bonchev–Trinajstić information content (AvgIpc) is 2.78. The number of unbranched alkanes of at least 4 members (excludes halogenated alkanes) is 1. The standard InChI is InChI=1S/C26H32N2O/c1-4-6-7-21-18-27-26(28-19-21)24-10-8-22(9-11-24)23-12-14-25(15-13-23)29-17-16-20(3)5-2/h8-15,18-20H,4-7,16-17H2,1-3H3. The topological polar surface area (TPSA) is 35.0 Å². The molecule has 0 N–H and O–H groups in total. The second kappa shape index (κ2) is 10.8. The minimum Gasteiger partial charge on any atom is -0.494 e. The van der Waals surface area contributed by atoms with Gasteiger partial charge in [0.15, 0.2) is 5.82 Å². The van der Waals surface area contributed by atoms with Crippen molar-refractivity contribution in [2.24, 2.45) is 5.92 Å². The van der Waals surface area contributed by atoms with Crippen molar-refractivity contribution in [1.29, 1.82) is 0 Å². The van der Waals surface area contributed by atoms with Crippen LogP contribution in [-0.4, -0.2) is 16.6 Å². The third kappa shape index (κ3) is 6.15. The highest BCUT2D eigenvalue weighted by atomic mass is 16.5. The molecule has 1 aromatic heterocycles. The molecule has 0 amide bonds. The first kappa shape index (κ1) is 21.0. The minimum absolute atomic E-state index is 0.712. The van der Waals surface area contributed by atoms with Gasteiger partial charge in [-0.15, -0.1) is 0 Å². The van der Waals surface area contributed by atoms with Crippen LogP contribution in [0.4, 0.5) is 0 Å². The van der Waals surface area contributed by atoms with E-state index in [0.29, 0.717) is 5.92 Å². The Kier molecular flexibility index (Phi) is 7.80. The lowest BCUT2D eigenvalue weighted by Crippen LogP contribution is -2.03. The maximum atomic E-state index is 5.86. The van der Waals surface area contributed by atoms with Crippen LogP contribution >= 0.6 is 0 Å². The van der Waals surface area contributed by atoms with Crippen LogP contribution in [0.25, 0.3) is 22.5 Å². The van der Waals surface area contributed by atoms with Crippen LogP contribution < -0.4 is 4.74 Å². The Bertz CT molecular complexity index is 855. The van der Waals surface area contributed by atoms with Crippen LogP contribution in [-0.2, 0) is 6.42 Å². The number of aromatic nitrogens is 2. The van der Waals surface area contributed by atoms with Gasteiger partial charge in [-0.25, -0.2) is 9.97 Å². The van der Waals surface area contributed by atoms with Gasteiger partial charge in [-0.1, -0.05) is 70.0 Å². The zero-order valence-corrected chi connectivity index (χ0v) is 17.9. The summed E-state index contributed by atoms with van der Waals surface area (Å²) in [6, 6.07) is 16.8. The van der Waals surface area contributed by atoms with Crippen molar-refractivity contribution in [3.05, 3.63) is 66.5 Å². The Labute approximate surface area is 175 Å². The van der Waals surface area contributed by atoms with Crippen LogP contribution in [0.3, 0.4) is 0 Å². The molecule has 29 heavy (non-hydrogen) atoms. The van der Waals surface area contributed by atoms with Crippen molar-refractivity contribution in [3.8, 4) is 28.3 Å². The fourth-order valence-corrected chi connectivity index (χ4v) is 3.15. The van der Waals surface area contributed by atoms with Crippen molar-refractivity contribution >= 4 is 0 Å². The summed E-state index contributed by atoms with van der Waals surface area (Å²) in [6.45, 7) is 7.47. The summed E-state index contributed by atoms with van der Waals surface area (Å²) in [5.41, 5.74) is 4.61. The van der Waals surface area contributed by atoms with E-state index in [4.69, 9.17) is 4.74 Å². The molecule has 1 atom stereocenters. The van der Waals surface area contributed by atoms with E-state index in [9.17, 15) is 0 Å². The normalized spacial score (nSPS) is 12.0. The second-order valence-electron chi connectivity index (χ2n) is 7.77. The molecule has 0 radical (unpaired) electrons. The van der Waals surface area contributed by atoms with Gasteiger partial charge in [0.25, 0.3) is 0 Å². The molecule has 0 fully saturated rings. The molecule has 0 aliphatic rings. The molecule has 0 bridgehead atoms. The molecule has 3 nitrogen and oxygen atoms in total. The summed E-state index contributed by atoms with van der Waals surface area (Å²) in [6.07, 6.45) is 9.62. The fourth-order valence-electron chi connectivity index (χ4n) is 3.15. The van der Waals surface area contributed by atoms with Gasteiger partial charge in [0.1, 0.15) is 5.75 Å². The number of benzene rings is 2. The summed E-state index contributed by atoms with van der Waals surface area (Å²) < 4.78 is 5.86. The van der Waals surface area contributed by atoms with E-state index in [0.717, 1.165) is 36.6 Å². The number of rotatable bonds is 10. The van der Waals surface area contributed by atoms with Crippen LogP contribution in [0.1, 0.15) is 52.0 Å². The van der Waals surface area contributed by atoms with Crippen LogP contribution in [0.5, 0.6) is 5.75 Å². The van der Waals surface area contributed by atoms with Gasteiger partial charge < -0.3 is 4.74 Å². The zero-order valence-electron chi connectivity index (χ0n) is 17.9. The Morgan fingerprint density at radius 1 is 0.828 bits per heavy atom. The first-order valence-electron chi connectivity index (χ1n) is 10.8. The van der Waals surface area contributed by atoms with Gasteiger partial charge in [-0.3, -0.25) is 0 Å². The Hall–Kier alpha value is -2.68. The lowest BCUT2D eigenvalue weighted by atomic mass is 10.0. The Balaban J connectivity index is 1.61. The molecule has 1 heterocycles. The van der Waals surface area contributed by atoms with Crippen LogP contribution in [0.15, 0.2) is 60.9 Å². The fraction of sp³-hybridized carbons (Fsp3) is 0.385. The number of ether oxygens (including phenoxy) is 1. The van der Waals surface area contributed by atoms with E-state index >= 15 is 0 Å². The van der Waals surface area contributed by atoms with E-state index in [-0.39, 0.29) is 0 Å². The van der Waals surface area contributed by atoms with Crippen molar-refractivity contribution in [3.63, 3.8) is 0 Å². The van der Waals surface area contributed by atoms with Crippen molar-refractivity contribution in [2.45, 2.75) is 52.9 Å². The van der Waals surface area contributed by atoms with E-state index < -0.39 is 0 Å². The number of hydrogen-bond acceptors (Lipinski definition) is 3. The third-order valence-electron chi connectivity index (χ3n) is 5.43. The van der Waals surface area contributed by atoms with E-state index in [1.165, 1.54) is 36.0 Å². The largest absolute Gasteiger partial charge is 0.494 e. The summed E-state index contributed by atoms with van der Waals surface area (Å²) >= 11 is 0. The molecule has 0 aliphatic heterocycles. The maximum Gasteiger partial charge on any atom is 0.159 e. The molecule has 3 aromatic rings. The lowest BCUT2D eigenvalue weighted by Gasteiger charge is -2.10. The summed E-state index contributed by atoms with van der Waals surface area (Å²) in [5.74, 6) is 2.43. The monoisotopic (exact) mass is 388 g/mol. The molecule has 3 heteroatoms. The highest BCUT2D eigenvalue weighted by Crippen LogP contribution is 2.25. The van der Waals surface area contributed by atoms with Crippen molar-refractivity contribution in [1.82, 2.24) is 9.97 Å². The number of aryl methyl sites for hydroxylation is 1. The van der Waals surface area contributed by atoms with Crippen LogP contribution in [0, 0.1) is 5.92 Å². The van der Waals surface area contributed by atoms with Crippen LogP contribution in [0.2, 0.25) is 0 Å². The predicted molar refractivity (Wildman–Crippen MR) is 121 cm³/mol. The molecular weight excluding hydrogens is 356 g/mol. The molecule has 152 valence electrons. The molecular formula is C26H32N2O. The van der Waals surface area contributed by atoms with Gasteiger partial charge in [-0.2, -0.15) is 0 Å². The quantitative estimate of drug-likeness (QED) is 0.376. The number of hydrogen-bond donors (Lipinski definition) is 0. The van der Waals surface area contributed by atoms with Gasteiger partial charge in [0, 0.05) is 18.0 Å². The second-order valence-corrected chi connectivity index (χ2v) is 7.77.